The second-order valence-corrected chi connectivity index (χ2v) is 5.34. The maximum atomic E-state index is 6.16. The highest BCUT2D eigenvalue weighted by molar-refractivity contribution is 7.09. The maximum absolute atomic E-state index is 6.16. The third-order valence-corrected chi connectivity index (χ3v) is 3.99. The predicted molar refractivity (Wildman–Crippen MR) is 66.7 cm³/mol. The minimum atomic E-state index is -0.0206. The Morgan fingerprint density at radius 2 is 2.38 bits per heavy atom. The fourth-order valence-corrected chi connectivity index (χ4v) is 2.91. The van der Waals surface area contributed by atoms with Crippen molar-refractivity contribution in [2.75, 3.05) is 0 Å². The molecule has 16 heavy (non-hydrogen) atoms. The first-order chi connectivity index (χ1) is 7.81. The van der Waals surface area contributed by atoms with E-state index in [1.54, 1.807) is 11.3 Å². The number of rotatable bonds is 5. The van der Waals surface area contributed by atoms with E-state index >= 15 is 0 Å². The van der Waals surface area contributed by atoms with Crippen LogP contribution in [0.5, 0.6) is 0 Å². The molecule has 0 aromatic carbocycles. The van der Waals surface area contributed by atoms with Crippen molar-refractivity contribution in [3.05, 3.63) is 27.2 Å². The van der Waals surface area contributed by atoms with Gasteiger partial charge < -0.3 is 5.73 Å². The summed E-state index contributed by atoms with van der Waals surface area (Å²) in [6.45, 7) is 2.13. The van der Waals surface area contributed by atoms with Crippen LogP contribution in [0.15, 0.2) is 11.6 Å². The molecule has 0 radical (unpaired) electrons. The summed E-state index contributed by atoms with van der Waals surface area (Å²) in [4.78, 5) is 5.35. The van der Waals surface area contributed by atoms with E-state index in [0.717, 1.165) is 34.8 Å². The molecule has 86 valence electrons. The Kier molecular flexibility index (Phi) is 3.98. The van der Waals surface area contributed by atoms with E-state index in [-0.39, 0.29) is 6.04 Å². The van der Waals surface area contributed by atoms with Crippen LogP contribution in [0.3, 0.4) is 0 Å². The van der Waals surface area contributed by atoms with Crippen molar-refractivity contribution in [2.24, 2.45) is 5.73 Å². The van der Waals surface area contributed by atoms with Crippen molar-refractivity contribution in [2.45, 2.75) is 32.2 Å². The number of hydrogen-bond donors (Lipinski definition) is 1. The average Bonchev–Trinajstić information content (AvgIpc) is 2.89. The van der Waals surface area contributed by atoms with E-state index in [9.17, 15) is 0 Å². The van der Waals surface area contributed by atoms with Crippen LogP contribution in [0, 0.1) is 0 Å². The monoisotopic (exact) mass is 254 g/mol. The first kappa shape index (κ1) is 11.6. The van der Waals surface area contributed by atoms with Gasteiger partial charge in [-0.2, -0.15) is 0 Å². The Balaban J connectivity index is 2.08. The minimum Gasteiger partial charge on any atom is -0.323 e. The molecule has 6 heteroatoms. The zero-order valence-electron chi connectivity index (χ0n) is 9.09. The number of hydrogen-bond acceptors (Lipinski definition) is 6. The summed E-state index contributed by atoms with van der Waals surface area (Å²) in [6.07, 6.45) is 4.61. The summed E-state index contributed by atoms with van der Waals surface area (Å²) >= 11 is 3.05. The lowest BCUT2D eigenvalue weighted by Crippen LogP contribution is -2.13. The third kappa shape index (κ3) is 2.63. The van der Waals surface area contributed by atoms with Crippen molar-refractivity contribution >= 4 is 22.9 Å². The summed E-state index contributed by atoms with van der Waals surface area (Å²) in [5.74, 6) is 0. The molecular formula is C10H14N4S2. The molecule has 0 aliphatic carbocycles. The Bertz CT molecular complexity index is 424. The minimum absolute atomic E-state index is 0.0206. The van der Waals surface area contributed by atoms with Gasteiger partial charge in [-0.3, -0.25) is 0 Å². The summed E-state index contributed by atoms with van der Waals surface area (Å²) in [6, 6.07) is -0.0206. The molecule has 0 spiro atoms. The van der Waals surface area contributed by atoms with Gasteiger partial charge in [0.15, 0.2) is 0 Å². The van der Waals surface area contributed by atoms with Crippen LogP contribution >= 0.6 is 22.9 Å². The lowest BCUT2D eigenvalue weighted by molar-refractivity contribution is 0.711. The second-order valence-electron chi connectivity index (χ2n) is 3.57. The van der Waals surface area contributed by atoms with Gasteiger partial charge >= 0.3 is 0 Å². The summed E-state index contributed by atoms with van der Waals surface area (Å²) in [5, 5.41) is 7.17. The van der Waals surface area contributed by atoms with Crippen molar-refractivity contribution in [3.63, 3.8) is 0 Å². The molecule has 0 aliphatic rings. The Hall–Kier alpha value is -0.850. The molecule has 0 amide bonds. The van der Waals surface area contributed by atoms with Gasteiger partial charge in [0.25, 0.3) is 0 Å². The van der Waals surface area contributed by atoms with E-state index in [2.05, 4.69) is 21.5 Å². The van der Waals surface area contributed by atoms with Gasteiger partial charge in [-0.25, -0.2) is 4.98 Å². The Morgan fingerprint density at radius 1 is 1.50 bits per heavy atom. The molecule has 2 aromatic rings. The molecule has 0 saturated heterocycles. The van der Waals surface area contributed by atoms with Gasteiger partial charge in [-0.15, -0.1) is 16.4 Å². The Labute approximate surface area is 103 Å². The summed E-state index contributed by atoms with van der Waals surface area (Å²) in [7, 11) is 0. The number of thiazole rings is 1. The van der Waals surface area contributed by atoms with Crippen molar-refractivity contribution < 1.29 is 0 Å². The second kappa shape index (κ2) is 5.47. The molecule has 4 nitrogen and oxygen atoms in total. The smallest absolute Gasteiger partial charge is 0.0944 e. The van der Waals surface area contributed by atoms with Gasteiger partial charge in [-0.1, -0.05) is 17.8 Å². The van der Waals surface area contributed by atoms with Crippen molar-refractivity contribution in [1.82, 2.24) is 14.6 Å². The van der Waals surface area contributed by atoms with E-state index in [1.165, 1.54) is 11.5 Å². The van der Waals surface area contributed by atoms with Gasteiger partial charge in [0, 0.05) is 24.0 Å². The highest BCUT2D eigenvalue weighted by Crippen LogP contribution is 2.23. The van der Waals surface area contributed by atoms with Gasteiger partial charge in [0.2, 0.25) is 0 Å². The first-order valence-corrected chi connectivity index (χ1v) is 6.91. The van der Waals surface area contributed by atoms with Gasteiger partial charge in [0.1, 0.15) is 0 Å². The fourth-order valence-electron chi connectivity index (χ4n) is 1.54. The van der Waals surface area contributed by atoms with Crippen LogP contribution in [-0.2, 0) is 12.8 Å². The lowest BCUT2D eigenvalue weighted by Gasteiger charge is -2.08. The fraction of sp³-hybridized carbons (Fsp3) is 0.500. The topological polar surface area (TPSA) is 64.7 Å². The lowest BCUT2D eigenvalue weighted by atomic mass is 10.1. The number of nitrogens with two attached hydrogens (primary N) is 1. The van der Waals surface area contributed by atoms with Gasteiger partial charge in [-0.05, 0) is 18.0 Å². The molecule has 0 saturated carbocycles. The quantitative estimate of drug-likeness (QED) is 0.888. The molecule has 2 aromatic heterocycles. The zero-order valence-corrected chi connectivity index (χ0v) is 10.7. The van der Waals surface area contributed by atoms with Crippen LogP contribution in [0.1, 0.15) is 35.0 Å². The van der Waals surface area contributed by atoms with Crippen molar-refractivity contribution in [3.8, 4) is 0 Å². The molecule has 2 rings (SSSR count). The number of nitrogens with zero attached hydrogens (tertiary/aromatic N) is 3. The van der Waals surface area contributed by atoms with Crippen LogP contribution in [0.4, 0.5) is 0 Å². The van der Waals surface area contributed by atoms with Crippen LogP contribution in [-0.4, -0.2) is 14.6 Å². The average molecular weight is 254 g/mol. The molecule has 0 aliphatic heterocycles. The standard InChI is InChI=1S/C10H14N4S2/c1-2-3-8-10(16-14-13-8)7(11)6-9-12-4-5-15-9/h4-5,7H,2-3,6,11H2,1H3. The summed E-state index contributed by atoms with van der Waals surface area (Å²) < 4.78 is 3.99. The van der Waals surface area contributed by atoms with E-state index in [4.69, 9.17) is 5.73 Å². The molecule has 2 N–H and O–H groups in total. The molecule has 1 atom stereocenters. The first-order valence-electron chi connectivity index (χ1n) is 5.26. The third-order valence-electron chi connectivity index (χ3n) is 2.29. The van der Waals surface area contributed by atoms with E-state index < -0.39 is 0 Å². The molecule has 0 fully saturated rings. The van der Waals surface area contributed by atoms with Gasteiger partial charge in [0.05, 0.1) is 15.6 Å². The van der Waals surface area contributed by atoms with E-state index in [0.29, 0.717) is 0 Å². The van der Waals surface area contributed by atoms with Crippen LogP contribution in [0.2, 0.25) is 0 Å². The molecule has 0 bridgehead atoms. The largest absolute Gasteiger partial charge is 0.323 e. The number of aryl methyl sites for hydroxylation is 1. The highest BCUT2D eigenvalue weighted by atomic mass is 32.1. The zero-order chi connectivity index (χ0) is 11.4. The molecular weight excluding hydrogens is 240 g/mol. The molecule has 1 unspecified atom stereocenters. The van der Waals surface area contributed by atoms with Crippen LogP contribution < -0.4 is 5.73 Å². The normalized spacial score (nSPS) is 12.9. The Morgan fingerprint density at radius 3 is 3.06 bits per heavy atom. The predicted octanol–water partition coefficient (Wildman–Crippen LogP) is 2.19. The summed E-state index contributed by atoms with van der Waals surface area (Å²) in [5.41, 5.74) is 7.21. The maximum Gasteiger partial charge on any atom is 0.0944 e. The van der Waals surface area contributed by atoms with Crippen molar-refractivity contribution in [1.29, 1.82) is 0 Å². The van der Waals surface area contributed by atoms with E-state index in [1.807, 2.05) is 11.6 Å². The SMILES string of the molecule is CCCc1nnsc1C(N)Cc1nccs1. The highest BCUT2D eigenvalue weighted by Gasteiger charge is 2.16. The molecule has 2 heterocycles. The number of aromatic nitrogens is 3. The van der Waals surface area contributed by atoms with Crippen LogP contribution in [0.25, 0.3) is 0 Å².